The van der Waals surface area contributed by atoms with Crippen LogP contribution in [0.5, 0.6) is 0 Å². The summed E-state index contributed by atoms with van der Waals surface area (Å²) >= 11 is 4.42. The first-order chi connectivity index (χ1) is 16.5. The summed E-state index contributed by atoms with van der Waals surface area (Å²) in [6, 6.07) is 34.3. The number of amides is 2. The Morgan fingerprint density at radius 2 is 0.912 bits per heavy atom. The van der Waals surface area contributed by atoms with Crippen molar-refractivity contribution in [2.75, 3.05) is 22.9 Å². The van der Waals surface area contributed by atoms with Gasteiger partial charge >= 0.3 is 0 Å². The minimum atomic E-state index is -0.0977. The maximum Gasteiger partial charge on any atom is 0.258 e. The van der Waals surface area contributed by atoms with Crippen LogP contribution in [0.4, 0.5) is 11.4 Å². The number of carbonyl (C=O) groups excluding carboxylic acids is 2. The Kier molecular flexibility index (Phi) is 8.34. The highest BCUT2D eigenvalue weighted by Crippen LogP contribution is 2.22. The van der Waals surface area contributed by atoms with Crippen LogP contribution >= 0.6 is 45.2 Å². The van der Waals surface area contributed by atoms with E-state index in [1.165, 1.54) is 0 Å². The Morgan fingerprint density at radius 1 is 0.529 bits per heavy atom. The van der Waals surface area contributed by atoms with E-state index in [2.05, 4.69) is 45.2 Å². The van der Waals surface area contributed by atoms with Crippen LogP contribution in [-0.2, 0) is 0 Å². The average Bonchev–Trinajstić information content (AvgIpc) is 2.87. The van der Waals surface area contributed by atoms with Crippen LogP contribution < -0.4 is 9.80 Å². The van der Waals surface area contributed by atoms with Gasteiger partial charge in [0, 0.05) is 42.7 Å². The molecule has 0 aliphatic rings. The van der Waals surface area contributed by atoms with Gasteiger partial charge in [-0.05, 0) is 106 Å². The van der Waals surface area contributed by atoms with Crippen molar-refractivity contribution in [3.05, 3.63) is 127 Å². The Morgan fingerprint density at radius 3 is 1.26 bits per heavy atom. The predicted molar refractivity (Wildman–Crippen MR) is 155 cm³/mol. The lowest BCUT2D eigenvalue weighted by Gasteiger charge is -2.28. The number of hydrogen-bond donors (Lipinski definition) is 0. The SMILES string of the molecule is O=C(c1cccc(I)c1)N(CCN(C(=O)c1cccc(I)c1)c1ccccc1)c1ccccc1. The molecule has 0 aromatic heterocycles. The molecule has 0 atom stereocenters. The van der Waals surface area contributed by atoms with Crippen LogP contribution in [-0.4, -0.2) is 24.9 Å². The van der Waals surface area contributed by atoms with Crippen molar-refractivity contribution in [3.8, 4) is 0 Å². The summed E-state index contributed by atoms with van der Waals surface area (Å²) in [5.41, 5.74) is 2.82. The molecule has 0 bridgehead atoms. The number of carbonyl (C=O) groups is 2. The second-order valence-electron chi connectivity index (χ2n) is 7.61. The standard InChI is InChI=1S/C28H22I2N2O2/c29-23-11-7-9-21(19-23)27(33)31(25-13-3-1-4-14-25)17-18-32(26-15-5-2-6-16-26)28(34)22-10-8-12-24(30)20-22/h1-16,19-20H,17-18H2. The molecule has 0 N–H and O–H groups in total. The lowest BCUT2D eigenvalue weighted by Crippen LogP contribution is -2.41. The molecule has 4 aromatic rings. The van der Waals surface area contributed by atoms with E-state index in [0.29, 0.717) is 24.2 Å². The normalized spacial score (nSPS) is 10.5. The fraction of sp³-hybridized carbons (Fsp3) is 0.0714. The summed E-state index contributed by atoms with van der Waals surface area (Å²) in [6.07, 6.45) is 0. The van der Waals surface area contributed by atoms with Crippen molar-refractivity contribution in [1.82, 2.24) is 0 Å². The summed E-state index contributed by atoms with van der Waals surface area (Å²) < 4.78 is 1.99. The van der Waals surface area contributed by atoms with Gasteiger partial charge < -0.3 is 9.80 Å². The second kappa shape index (κ2) is 11.6. The first-order valence-corrected chi connectivity index (χ1v) is 12.9. The van der Waals surface area contributed by atoms with Crippen LogP contribution in [0.2, 0.25) is 0 Å². The molecule has 4 aromatic carbocycles. The molecule has 0 saturated carbocycles. The third-order valence-corrected chi connectivity index (χ3v) is 6.66. The first kappa shape index (κ1) is 24.4. The molecule has 170 valence electrons. The molecule has 0 radical (unpaired) electrons. The highest BCUT2D eigenvalue weighted by atomic mass is 127. The zero-order valence-electron chi connectivity index (χ0n) is 18.3. The molecule has 0 fully saturated rings. The second-order valence-corrected chi connectivity index (χ2v) is 10.1. The van der Waals surface area contributed by atoms with E-state index >= 15 is 0 Å². The van der Waals surface area contributed by atoms with Crippen molar-refractivity contribution in [2.45, 2.75) is 0 Å². The molecule has 0 saturated heterocycles. The van der Waals surface area contributed by atoms with Gasteiger partial charge in [0.25, 0.3) is 11.8 Å². The maximum atomic E-state index is 13.5. The van der Waals surface area contributed by atoms with Gasteiger partial charge in [-0.15, -0.1) is 0 Å². The zero-order valence-corrected chi connectivity index (χ0v) is 22.6. The monoisotopic (exact) mass is 672 g/mol. The molecule has 0 heterocycles. The lowest BCUT2D eigenvalue weighted by molar-refractivity contribution is 0.0968. The fourth-order valence-electron chi connectivity index (χ4n) is 3.67. The summed E-state index contributed by atoms with van der Waals surface area (Å²) in [5, 5.41) is 0. The Balaban J connectivity index is 1.66. The van der Waals surface area contributed by atoms with Gasteiger partial charge in [-0.2, -0.15) is 0 Å². The molecule has 0 unspecified atom stereocenters. The number of hydrogen-bond acceptors (Lipinski definition) is 2. The maximum absolute atomic E-state index is 13.5. The van der Waals surface area contributed by atoms with Gasteiger partial charge in [0.15, 0.2) is 0 Å². The third-order valence-electron chi connectivity index (χ3n) is 5.32. The van der Waals surface area contributed by atoms with Crippen LogP contribution in [0.1, 0.15) is 20.7 Å². The summed E-state index contributed by atoms with van der Waals surface area (Å²) in [5.74, 6) is -0.195. The van der Waals surface area contributed by atoms with Crippen LogP contribution in [0.25, 0.3) is 0 Å². The molecule has 34 heavy (non-hydrogen) atoms. The highest BCUT2D eigenvalue weighted by molar-refractivity contribution is 14.1. The Hall–Kier alpha value is -2.72. The van der Waals surface area contributed by atoms with Crippen molar-refractivity contribution in [3.63, 3.8) is 0 Å². The smallest absolute Gasteiger partial charge is 0.258 e. The van der Waals surface area contributed by atoms with Gasteiger partial charge in [-0.1, -0.05) is 48.5 Å². The van der Waals surface area contributed by atoms with E-state index < -0.39 is 0 Å². The van der Waals surface area contributed by atoms with Gasteiger partial charge in [-0.25, -0.2) is 0 Å². The highest BCUT2D eigenvalue weighted by Gasteiger charge is 2.23. The molecular weight excluding hydrogens is 650 g/mol. The summed E-state index contributed by atoms with van der Waals surface area (Å²) in [6.45, 7) is 0.692. The largest absolute Gasteiger partial charge is 0.307 e. The van der Waals surface area contributed by atoms with E-state index in [0.717, 1.165) is 18.5 Å². The minimum absolute atomic E-state index is 0.0977. The molecular formula is C28H22I2N2O2. The van der Waals surface area contributed by atoms with E-state index in [4.69, 9.17) is 0 Å². The van der Waals surface area contributed by atoms with Crippen molar-refractivity contribution < 1.29 is 9.59 Å². The predicted octanol–water partition coefficient (Wildman–Crippen LogP) is 6.89. The van der Waals surface area contributed by atoms with Gasteiger partial charge in [-0.3, -0.25) is 9.59 Å². The average molecular weight is 672 g/mol. The van der Waals surface area contributed by atoms with Crippen molar-refractivity contribution in [2.24, 2.45) is 0 Å². The Bertz CT molecular complexity index is 1180. The molecule has 0 aliphatic heterocycles. The molecule has 0 aliphatic carbocycles. The molecule has 0 spiro atoms. The number of anilines is 2. The topological polar surface area (TPSA) is 40.6 Å². The quantitative estimate of drug-likeness (QED) is 0.201. The summed E-state index contributed by atoms with van der Waals surface area (Å²) in [7, 11) is 0. The number of halogens is 2. The number of para-hydroxylation sites is 2. The van der Waals surface area contributed by atoms with Gasteiger partial charge in [0.2, 0.25) is 0 Å². The zero-order chi connectivity index (χ0) is 23.9. The van der Waals surface area contributed by atoms with E-state index in [1.807, 2.05) is 109 Å². The van der Waals surface area contributed by atoms with Gasteiger partial charge in [0.05, 0.1) is 0 Å². The van der Waals surface area contributed by atoms with Crippen molar-refractivity contribution >= 4 is 68.4 Å². The lowest BCUT2D eigenvalue weighted by atomic mass is 10.1. The first-order valence-electron chi connectivity index (χ1n) is 10.8. The molecule has 6 heteroatoms. The van der Waals surface area contributed by atoms with E-state index in [1.54, 1.807) is 9.80 Å². The number of nitrogens with zero attached hydrogens (tertiary/aromatic N) is 2. The van der Waals surface area contributed by atoms with Crippen molar-refractivity contribution in [1.29, 1.82) is 0 Å². The minimum Gasteiger partial charge on any atom is -0.307 e. The third kappa shape index (κ3) is 6.04. The number of rotatable bonds is 7. The fourth-order valence-corrected chi connectivity index (χ4v) is 4.75. The molecule has 4 rings (SSSR count). The van der Waals surface area contributed by atoms with Crippen LogP contribution in [0, 0.1) is 7.14 Å². The van der Waals surface area contributed by atoms with E-state index in [9.17, 15) is 9.59 Å². The van der Waals surface area contributed by atoms with Crippen LogP contribution in [0.3, 0.4) is 0 Å². The van der Waals surface area contributed by atoms with Crippen LogP contribution in [0.15, 0.2) is 109 Å². The van der Waals surface area contributed by atoms with Gasteiger partial charge in [0.1, 0.15) is 0 Å². The molecule has 4 nitrogen and oxygen atoms in total. The Labute approximate surface area is 226 Å². The molecule has 2 amide bonds. The van der Waals surface area contributed by atoms with E-state index in [-0.39, 0.29) is 11.8 Å². The summed E-state index contributed by atoms with van der Waals surface area (Å²) in [4.78, 5) is 30.6. The number of benzene rings is 4.